The van der Waals surface area contributed by atoms with Crippen molar-refractivity contribution in [3.63, 3.8) is 0 Å². The third kappa shape index (κ3) is 1.63. The fourth-order valence-corrected chi connectivity index (χ4v) is 1.42. The lowest BCUT2D eigenvalue weighted by Crippen LogP contribution is -2.18. The van der Waals surface area contributed by atoms with E-state index in [2.05, 4.69) is 5.16 Å². The predicted octanol–water partition coefficient (Wildman–Crippen LogP) is 1.44. The molecule has 78 valence electrons. The zero-order valence-corrected chi connectivity index (χ0v) is 8.17. The van der Waals surface area contributed by atoms with E-state index in [0.717, 1.165) is 0 Å². The zero-order chi connectivity index (χ0) is 10.8. The van der Waals surface area contributed by atoms with Crippen molar-refractivity contribution in [2.24, 2.45) is 5.16 Å². The minimum absolute atomic E-state index is 0.229. The summed E-state index contributed by atoms with van der Waals surface area (Å²) in [5, 5.41) is 11.6. The molecule has 0 saturated carbocycles. The van der Waals surface area contributed by atoms with Gasteiger partial charge in [-0.2, -0.15) is 0 Å². The van der Waals surface area contributed by atoms with Crippen LogP contribution >= 0.6 is 0 Å². The highest BCUT2D eigenvalue weighted by Gasteiger charge is 2.08. The van der Waals surface area contributed by atoms with Gasteiger partial charge in [0.1, 0.15) is 0 Å². The lowest BCUT2D eigenvalue weighted by molar-refractivity contribution is 0.316. The Labute approximate surface area is 85.2 Å². The molecular formula is C10H10N2O3. The molecule has 0 unspecified atom stereocenters. The highest BCUT2D eigenvalue weighted by Crippen LogP contribution is 2.11. The van der Waals surface area contributed by atoms with E-state index in [1.54, 1.807) is 25.1 Å². The number of para-hydroxylation sites is 2. The molecule has 15 heavy (non-hydrogen) atoms. The van der Waals surface area contributed by atoms with Crippen molar-refractivity contribution in [3.05, 3.63) is 34.8 Å². The average molecular weight is 206 g/mol. The van der Waals surface area contributed by atoms with Crippen LogP contribution in [0.1, 0.15) is 6.92 Å². The number of oxazole rings is 1. The maximum atomic E-state index is 11.4. The quantitative estimate of drug-likeness (QED) is 0.459. The van der Waals surface area contributed by atoms with E-state index in [9.17, 15) is 4.79 Å². The molecule has 0 aliphatic heterocycles. The van der Waals surface area contributed by atoms with Gasteiger partial charge in [-0.1, -0.05) is 17.3 Å². The molecule has 0 spiro atoms. The van der Waals surface area contributed by atoms with Crippen molar-refractivity contribution >= 4 is 16.8 Å². The molecule has 5 nitrogen and oxygen atoms in total. The number of rotatable bonds is 2. The average Bonchev–Trinajstić information content (AvgIpc) is 2.55. The first kappa shape index (κ1) is 9.51. The van der Waals surface area contributed by atoms with Crippen LogP contribution in [0, 0.1) is 0 Å². The van der Waals surface area contributed by atoms with Crippen LogP contribution < -0.4 is 5.76 Å². The van der Waals surface area contributed by atoms with Crippen LogP contribution in [0.15, 0.2) is 38.6 Å². The molecule has 0 saturated heterocycles. The molecule has 1 heterocycles. The van der Waals surface area contributed by atoms with Gasteiger partial charge < -0.3 is 9.62 Å². The van der Waals surface area contributed by atoms with Crippen LogP contribution in [0.5, 0.6) is 0 Å². The van der Waals surface area contributed by atoms with E-state index >= 15 is 0 Å². The van der Waals surface area contributed by atoms with E-state index in [4.69, 9.17) is 9.62 Å². The summed E-state index contributed by atoms with van der Waals surface area (Å²) in [7, 11) is 0. The fourth-order valence-electron chi connectivity index (χ4n) is 1.42. The molecule has 0 aliphatic rings. The largest absolute Gasteiger partial charge is 0.420 e. The number of fused-ring (bicyclic) bond motifs is 1. The van der Waals surface area contributed by atoms with Crippen LogP contribution in [0.25, 0.3) is 11.1 Å². The monoisotopic (exact) mass is 206 g/mol. The molecule has 0 fully saturated rings. The molecule has 1 aromatic heterocycles. The Hall–Kier alpha value is -2.04. The number of nitrogens with zero attached hydrogens (tertiary/aromatic N) is 2. The molecular weight excluding hydrogens is 196 g/mol. The maximum Gasteiger partial charge on any atom is 0.420 e. The summed E-state index contributed by atoms with van der Waals surface area (Å²) in [5.41, 5.74) is 1.68. The second-order valence-corrected chi connectivity index (χ2v) is 3.26. The summed E-state index contributed by atoms with van der Waals surface area (Å²) in [6, 6.07) is 7.12. The summed E-state index contributed by atoms with van der Waals surface area (Å²) in [6.07, 6.45) is 0. The number of hydrogen-bond donors (Lipinski definition) is 1. The van der Waals surface area contributed by atoms with E-state index in [0.29, 0.717) is 16.8 Å². The number of aromatic nitrogens is 1. The van der Waals surface area contributed by atoms with Gasteiger partial charge in [0.25, 0.3) is 0 Å². The molecule has 5 heteroatoms. The van der Waals surface area contributed by atoms with Gasteiger partial charge in [-0.25, -0.2) is 4.79 Å². The molecule has 0 aliphatic carbocycles. The molecule has 0 radical (unpaired) electrons. The predicted molar refractivity (Wildman–Crippen MR) is 55.4 cm³/mol. The topological polar surface area (TPSA) is 67.7 Å². The Kier molecular flexibility index (Phi) is 2.29. The van der Waals surface area contributed by atoms with Gasteiger partial charge in [-0.15, -0.1) is 0 Å². The van der Waals surface area contributed by atoms with Gasteiger partial charge in [0.05, 0.1) is 17.8 Å². The van der Waals surface area contributed by atoms with Gasteiger partial charge in [-0.3, -0.25) is 4.57 Å². The van der Waals surface area contributed by atoms with Gasteiger partial charge in [0.2, 0.25) is 0 Å². The molecule has 2 aromatic rings. The summed E-state index contributed by atoms with van der Waals surface area (Å²) < 4.78 is 6.44. The van der Waals surface area contributed by atoms with Crippen molar-refractivity contribution in [1.82, 2.24) is 4.57 Å². The van der Waals surface area contributed by atoms with E-state index in [1.165, 1.54) is 4.57 Å². The third-order valence-electron chi connectivity index (χ3n) is 2.13. The second-order valence-electron chi connectivity index (χ2n) is 3.26. The van der Waals surface area contributed by atoms with E-state index in [-0.39, 0.29) is 6.54 Å². The summed E-state index contributed by atoms with van der Waals surface area (Å²) in [5.74, 6) is -0.445. The van der Waals surface area contributed by atoms with Crippen LogP contribution in [0.4, 0.5) is 0 Å². The molecule has 0 amide bonds. The Balaban J connectivity index is 2.59. The van der Waals surface area contributed by atoms with Crippen LogP contribution in [-0.4, -0.2) is 15.5 Å². The Bertz CT molecular complexity index is 565. The maximum absolute atomic E-state index is 11.4. The highest BCUT2D eigenvalue weighted by atomic mass is 16.4. The number of benzene rings is 1. The van der Waals surface area contributed by atoms with Crippen molar-refractivity contribution in [2.45, 2.75) is 13.5 Å². The summed E-state index contributed by atoms with van der Waals surface area (Å²) in [6.45, 7) is 1.86. The highest BCUT2D eigenvalue weighted by molar-refractivity contribution is 5.83. The van der Waals surface area contributed by atoms with Crippen LogP contribution in [0.3, 0.4) is 0 Å². The fraction of sp³-hybridized carbons (Fsp3) is 0.200. The molecule has 0 atom stereocenters. The first-order valence-electron chi connectivity index (χ1n) is 4.48. The smallest absolute Gasteiger partial charge is 0.411 e. The Morgan fingerprint density at radius 1 is 1.53 bits per heavy atom. The van der Waals surface area contributed by atoms with Gasteiger partial charge in [0, 0.05) is 0 Å². The van der Waals surface area contributed by atoms with Crippen molar-refractivity contribution in [2.75, 3.05) is 0 Å². The van der Waals surface area contributed by atoms with Gasteiger partial charge >= 0.3 is 5.76 Å². The number of oxime groups is 1. The van der Waals surface area contributed by atoms with Crippen LogP contribution in [0.2, 0.25) is 0 Å². The molecule has 1 aromatic carbocycles. The van der Waals surface area contributed by atoms with Crippen molar-refractivity contribution in [3.8, 4) is 0 Å². The Morgan fingerprint density at radius 3 is 3.00 bits per heavy atom. The normalized spacial score (nSPS) is 12.2. The second kappa shape index (κ2) is 3.61. The van der Waals surface area contributed by atoms with Crippen molar-refractivity contribution < 1.29 is 9.62 Å². The van der Waals surface area contributed by atoms with Gasteiger partial charge in [0.15, 0.2) is 5.58 Å². The third-order valence-corrected chi connectivity index (χ3v) is 2.13. The summed E-state index contributed by atoms with van der Waals surface area (Å²) >= 11 is 0. The SMILES string of the molecule is CC(Cn1c(=O)oc2ccccc21)=NO. The minimum Gasteiger partial charge on any atom is -0.411 e. The first-order chi connectivity index (χ1) is 7.22. The Morgan fingerprint density at radius 2 is 2.27 bits per heavy atom. The molecule has 1 N–H and O–H groups in total. The molecule has 0 bridgehead atoms. The lowest BCUT2D eigenvalue weighted by atomic mass is 10.3. The van der Waals surface area contributed by atoms with E-state index < -0.39 is 5.76 Å². The van der Waals surface area contributed by atoms with Crippen LogP contribution in [-0.2, 0) is 6.54 Å². The van der Waals surface area contributed by atoms with Gasteiger partial charge in [-0.05, 0) is 19.1 Å². The zero-order valence-electron chi connectivity index (χ0n) is 8.17. The minimum atomic E-state index is -0.445. The standard InChI is InChI=1S/C10H10N2O3/c1-7(11-14)6-12-8-4-2-3-5-9(8)15-10(12)13/h2-5,14H,6H2,1H3. The van der Waals surface area contributed by atoms with E-state index in [1.807, 2.05) is 6.07 Å². The summed E-state index contributed by atoms with van der Waals surface area (Å²) in [4.78, 5) is 11.4. The van der Waals surface area contributed by atoms with Crippen molar-refractivity contribution in [1.29, 1.82) is 0 Å². The molecule has 2 rings (SSSR count). The lowest BCUT2D eigenvalue weighted by Gasteiger charge is -1.98. The number of hydrogen-bond acceptors (Lipinski definition) is 4. The first-order valence-corrected chi connectivity index (χ1v) is 4.48.